The van der Waals surface area contributed by atoms with Gasteiger partial charge in [-0.1, -0.05) is 0 Å². The lowest BCUT2D eigenvalue weighted by Gasteiger charge is -1.96. The summed E-state index contributed by atoms with van der Waals surface area (Å²) in [5.41, 5.74) is 0.487. The Balaban J connectivity index is 2.52. The van der Waals surface area contributed by atoms with Crippen LogP contribution >= 0.6 is 0 Å². The van der Waals surface area contributed by atoms with Gasteiger partial charge in [0.1, 0.15) is 17.6 Å². The smallest absolute Gasteiger partial charge is 0.308 e. The maximum absolute atomic E-state index is 10.7. The quantitative estimate of drug-likeness (QED) is 0.702. The van der Waals surface area contributed by atoms with Gasteiger partial charge < -0.3 is 14.3 Å². The third-order valence-electron chi connectivity index (χ3n) is 1.78. The van der Waals surface area contributed by atoms with Gasteiger partial charge in [-0.05, 0) is 12.1 Å². The van der Waals surface area contributed by atoms with Crippen molar-refractivity contribution in [2.45, 2.75) is 6.92 Å². The minimum Gasteiger partial charge on any atom is -0.508 e. The Hall–Kier alpha value is -1.97. The number of aromatic hydroxyl groups is 1. The molecule has 1 aromatic heterocycles. The third-order valence-corrected chi connectivity index (χ3v) is 1.78. The molecule has 0 bridgehead atoms. The summed E-state index contributed by atoms with van der Waals surface area (Å²) >= 11 is 0. The first-order chi connectivity index (χ1) is 6.66. The number of carbonyl (C=O) groups excluding carboxylic acids is 1. The van der Waals surface area contributed by atoms with Gasteiger partial charge in [0, 0.05) is 13.0 Å². The van der Waals surface area contributed by atoms with E-state index >= 15 is 0 Å². The van der Waals surface area contributed by atoms with Crippen LogP contribution in [0.25, 0.3) is 11.0 Å². The molecule has 0 aliphatic rings. The van der Waals surface area contributed by atoms with Crippen LogP contribution in [0.4, 0.5) is 0 Å². The second-order valence-corrected chi connectivity index (χ2v) is 2.87. The van der Waals surface area contributed by atoms with E-state index in [-0.39, 0.29) is 5.75 Å². The van der Waals surface area contributed by atoms with Crippen molar-refractivity contribution in [1.82, 2.24) is 0 Å². The van der Waals surface area contributed by atoms with Crippen LogP contribution in [0.15, 0.2) is 28.9 Å². The van der Waals surface area contributed by atoms with Crippen LogP contribution in [-0.4, -0.2) is 11.1 Å². The molecular formula is C10H8O4. The summed E-state index contributed by atoms with van der Waals surface area (Å²) in [6.07, 6.45) is 1.34. The van der Waals surface area contributed by atoms with Crippen molar-refractivity contribution in [3.63, 3.8) is 0 Å². The SMILES string of the molecule is CC(=O)Oc1coc2cc(O)ccc12. The van der Waals surface area contributed by atoms with Gasteiger partial charge in [0.05, 0.1) is 5.39 Å². The molecule has 0 spiro atoms. The molecule has 0 amide bonds. The van der Waals surface area contributed by atoms with E-state index in [2.05, 4.69) is 0 Å². The van der Waals surface area contributed by atoms with Gasteiger partial charge in [-0.25, -0.2) is 0 Å². The van der Waals surface area contributed by atoms with Crippen LogP contribution in [0.5, 0.6) is 11.5 Å². The van der Waals surface area contributed by atoms with E-state index in [0.29, 0.717) is 16.7 Å². The number of ether oxygens (including phenoxy) is 1. The highest BCUT2D eigenvalue weighted by molar-refractivity contribution is 5.87. The fourth-order valence-corrected chi connectivity index (χ4v) is 1.23. The van der Waals surface area contributed by atoms with E-state index in [1.807, 2.05) is 0 Å². The van der Waals surface area contributed by atoms with Crippen molar-refractivity contribution in [1.29, 1.82) is 0 Å². The molecule has 0 radical (unpaired) electrons. The second-order valence-electron chi connectivity index (χ2n) is 2.87. The van der Waals surface area contributed by atoms with Crippen molar-refractivity contribution < 1.29 is 19.1 Å². The number of benzene rings is 1. The number of phenols is 1. The Morgan fingerprint density at radius 2 is 2.29 bits per heavy atom. The van der Waals surface area contributed by atoms with Gasteiger partial charge in [0.2, 0.25) is 0 Å². The molecule has 72 valence electrons. The topological polar surface area (TPSA) is 59.7 Å². The Labute approximate surface area is 79.7 Å². The summed E-state index contributed by atoms with van der Waals surface area (Å²) in [6, 6.07) is 4.60. The number of fused-ring (bicyclic) bond motifs is 1. The number of esters is 1. The average molecular weight is 192 g/mol. The van der Waals surface area contributed by atoms with E-state index in [4.69, 9.17) is 14.3 Å². The number of rotatable bonds is 1. The van der Waals surface area contributed by atoms with Crippen molar-refractivity contribution in [3.05, 3.63) is 24.5 Å². The van der Waals surface area contributed by atoms with Gasteiger partial charge in [-0.3, -0.25) is 4.79 Å². The minimum atomic E-state index is -0.402. The Morgan fingerprint density at radius 1 is 1.50 bits per heavy atom. The molecule has 4 nitrogen and oxygen atoms in total. The molecule has 0 saturated carbocycles. The van der Waals surface area contributed by atoms with Gasteiger partial charge in [-0.15, -0.1) is 0 Å². The lowest BCUT2D eigenvalue weighted by atomic mass is 10.2. The summed E-state index contributed by atoms with van der Waals surface area (Å²) in [4.78, 5) is 10.7. The van der Waals surface area contributed by atoms with E-state index < -0.39 is 5.97 Å². The summed E-state index contributed by atoms with van der Waals surface area (Å²) in [6.45, 7) is 1.32. The van der Waals surface area contributed by atoms with Gasteiger partial charge in [0.25, 0.3) is 0 Å². The monoisotopic (exact) mass is 192 g/mol. The molecule has 4 heteroatoms. The molecule has 0 aliphatic carbocycles. The first kappa shape index (κ1) is 8.62. The molecule has 0 fully saturated rings. The van der Waals surface area contributed by atoms with E-state index in [1.54, 1.807) is 6.07 Å². The zero-order valence-corrected chi connectivity index (χ0v) is 7.48. The fraction of sp³-hybridized carbons (Fsp3) is 0.100. The Bertz CT molecular complexity index is 484. The molecule has 0 aliphatic heterocycles. The minimum absolute atomic E-state index is 0.112. The maximum atomic E-state index is 10.7. The highest BCUT2D eigenvalue weighted by atomic mass is 16.5. The predicted octanol–water partition coefficient (Wildman–Crippen LogP) is 2.06. The molecule has 0 saturated heterocycles. The summed E-state index contributed by atoms with van der Waals surface area (Å²) in [7, 11) is 0. The molecule has 1 aromatic carbocycles. The Kier molecular flexibility index (Phi) is 1.89. The second kappa shape index (κ2) is 3.06. The number of carbonyl (C=O) groups is 1. The Morgan fingerprint density at radius 3 is 3.00 bits per heavy atom. The van der Waals surface area contributed by atoms with Crippen molar-refractivity contribution in [2.24, 2.45) is 0 Å². The zero-order valence-electron chi connectivity index (χ0n) is 7.48. The summed E-state index contributed by atoms with van der Waals surface area (Å²) < 4.78 is 9.99. The van der Waals surface area contributed by atoms with Gasteiger partial charge in [-0.2, -0.15) is 0 Å². The first-order valence-corrected chi connectivity index (χ1v) is 4.05. The number of hydrogen-bond acceptors (Lipinski definition) is 4. The highest BCUT2D eigenvalue weighted by Gasteiger charge is 2.08. The van der Waals surface area contributed by atoms with Crippen molar-refractivity contribution in [3.8, 4) is 11.5 Å². The number of phenolic OH excluding ortho intramolecular Hbond substituents is 1. The largest absolute Gasteiger partial charge is 0.508 e. The third kappa shape index (κ3) is 1.42. The summed E-state index contributed by atoms with van der Waals surface area (Å²) in [5.74, 6) is 0.0782. The molecular weight excluding hydrogens is 184 g/mol. The molecule has 14 heavy (non-hydrogen) atoms. The van der Waals surface area contributed by atoms with Gasteiger partial charge in [0.15, 0.2) is 5.75 Å². The van der Waals surface area contributed by atoms with Crippen LogP contribution in [0.3, 0.4) is 0 Å². The molecule has 2 aromatic rings. The predicted molar refractivity (Wildman–Crippen MR) is 49.2 cm³/mol. The zero-order chi connectivity index (χ0) is 10.1. The van der Waals surface area contributed by atoms with Crippen LogP contribution in [0.2, 0.25) is 0 Å². The van der Waals surface area contributed by atoms with E-state index in [0.717, 1.165) is 0 Å². The number of hydrogen-bond donors (Lipinski definition) is 1. The van der Waals surface area contributed by atoms with Crippen LogP contribution in [-0.2, 0) is 4.79 Å². The lowest BCUT2D eigenvalue weighted by Crippen LogP contribution is -2.00. The number of furan rings is 1. The van der Waals surface area contributed by atoms with Gasteiger partial charge >= 0.3 is 5.97 Å². The molecule has 0 atom stereocenters. The molecule has 1 N–H and O–H groups in total. The normalized spacial score (nSPS) is 10.4. The molecule has 1 heterocycles. The van der Waals surface area contributed by atoms with E-state index in [9.17, 15) is 4.79 Å². The maximum Gasteiger partial charge on any atom is 0.308 e. The first-order valence-electron chi connectivity index (χ1n) is 4.05. The van der Waals surface area contributed by atoms with Crippen molar-refractivity contribution >= 4 is 16.9 Å². The van der Waals surface area contributed by atoms with E-state index in [1.165, 1.54) is 25.3 Å². The molecule has 2 rings (SSSR count). The van der Waals surface area contributed by atoms with Crippen LogP contribution in [0, 0.1) is 0 Å². The summed E-state index contributed by atoms with van der Waals surface area (Å²) in [5, 5.41) is 9.82. The average Bonchev–Trinajstić information content (AvgIpc) is 2.47. The van der Waals surface area contributed by atoms with Crippen molar-refractivity contribution in [2.75, 3.05) is 0 Å². The fourth-order valence-electron chi connectivity index (χ4n) is 1.23. The van der Waals surface area contributed by atoms with Crippen LogP contribution in [0.1, 0.15) is 6.92 Å². The van der Waals surface area contributed by atoms with Crippen LogP contribution < -0.4 is 4.74 Å². The molecule has 0 unspecified atom stereocenters. The lowest BCUT2D eigenvalue weighted by molar-refractivity contribution is -0.131. The highest BCUT2D eigenvalue weighted by Crippen LogP contribution is 2.30. The standard InChI is InChI=1S/C10H8O4/c1-6(11)14-10-5-13-9-4-7(12)2-3-8(9)10/h2-5,12H,1H3.